The number of benzene rings is 1. The highest BCUT2D eigenvalue weighted by Crippen LogP contribution is 2.45. The standard InChI is InChI=1S/C19H23N3O/c1-12(2)16-10-17-14(8-13(16)4-7-20)9-15(22-17)11-21-18(23)19(3)5-6-19/h8-10,12,22H,4-6,11H2,1-3H3,(H,21,23). The van der Waals surface area contributed by atoms with Crippen LogP contribution in [0.25, 0.3) is 10.9 Å². The molecule has 4 nitrogen and oxygen atoms in total. The molecule has 0 bridgehead atoms. The van der Waals surface area contributed by atoms with Gasteiger partial charge in [-0.2, -0.15) is 5.26 Å². The van der Waals surface area contributed by atoms with Crippen molar-refractivity contribution in [1.29, 1.82) is 5.26 Å². The number of aromatic nitrogens is 1. The van der Waals surface area contributed by atoms with Crippen LogP contribution in [0.4, 0.5) is 0 Å². The van der Waals surface area contributed by atoms with Gasteiger partial charge in [0.05, 0.1) is 19.0 Å². The summed E-state index contributed by atoms with van der Waals surface area (Å²) in [4.78, 5) is 15.4. The monoisotopic (exact) mass is 309 g/mol. The van der Waals surface area contributed by atoms with E-state index in [9.17, 15) is 4.79 Å². The number of hydrogen-bond donors (Lipinski definition) is 2. The van der Waals surface area contributed by atoms with Gasteiger partial charge in [0.25, 0.3) is 0 Å². The lowest BCUT2D eigenvalue weighted by Crippen LogP contribution is -2.29. The van der Waals surface area contributed by atoms with Crippen molar-refractivity contribution in [3.8, 4) is 6.07 Å². The number of H-pyrrole nitrogens is 1. The van der Waals surface area contributed by atoms with Crippen molar-refractivity contribution >= 4 is 16.8 Å². The number of nitrogens with one attached hydrogen (secondary N) is 2. The summed E-state index contributed by atoms with van der Waals surface area (Å²) in [6.07, 6.45) is 2.40. The van der Waals surface area contributed by atoms with E-state index in [0.29, 0.717) is 18.9 Å². The van der Waals surface area contributed by atoms with Crippen LogP contribution in [0.1, 0.15) is 56.4 Å². The molecule has 0 saturated heterocycles. The highest BCUT2D eigenvalue weighted by molar-refractivity contribution is 5.85. The van der Waals surface area contributed by atoms with Gasteiger partial charge in [-0.3, -0.25) is 4.79 Å². The van der Waals surface area contributed by atoms with Crippen molar-refractivity contribution in [3.63, 3.8) is 0 Å². The summed E-state index contributed by atoms with van der Waals surface area (Å²) < 4.78 is 0. The lowest BCUT2D eigenvalue weighted by Gasteiger charge is -2.10. The molecule has 2 N–H and O–H groups in total. The molecule has 1 fully saturated rings. The van der Waals surface area contributed by atoms with Gasteiger partial charge in [-0.1, -0.05) is 20.8 Å². The van der Waals surface area contributed by atoms with Crippen LogP contribution in [0, 0.1) is 16.7 Å². The van der Waals surface area contributed by atoms with Gasteiger partial charge in [-0.15, -0.1) is 0 Å². The van der Waals surface area contributed by atoms with E-state index in [1.54, 1.807) is 0 Å². The summed E-state index contributed by atoms with van der Waals surface area (Å²) in [5.74, 6) is 0.521. The molecule has 1 heterocycles. The van der Waals surface area contributed by atoms with E-state index in [2.05, 4.69) is 48.4 Å². The molecule has 0 radical (unpaired) electrons. The molecule has 0 spiro atoms. The van der Waals surface area contributed by atoms with Gasteiger partial charge in [0, 0.05) is 22.0 Å². The van der Waals surface area contributed by atoms with Gasteiger partial charge < -0.3 is 10.3 Å². The Kier molecular flexibility index (Phi) is 3.89. The van der Waals surface area contributed by atoms with Crippen LogP contribution < -0.4 is 5.32 Å². The Morgan fingerprint density at radius 1 is 1.39 bits per heavy atom. The Morgan fingerprint density at radius 2 is 2.13 bits per heavy atom. The molecule has 1 aromatic carbocycles. The van der Waals surface area contributed by atoms with Crippen molar-refractivity contribution in [1.82, 2.24) is 10.3 Å². The first-order chi connectivity index (χ1) is 10.9. The third kappa shape index (κ3) is 3.10. The SMILES string of the molecule is CC(C)c1cc2[nH]c(CNC(=O)C3(C)CC3)cc2cc1CC#N. The zero-order chi connectivity index (χ0) is 16.6. The molecule has 3 rings (SSSR count). The molecule has 0 aliphatic heterocycles. The first kappa shape index (κ1) is 15.6. The first-order valence-corrected chi connectivity index (χ1v) is 8.22. The number of aromatic amines is 1. The molecule has 0 unspecified atom stereocenters. The minimum absolute atomic E-state index is 0.142. The minimum Gasteiger partial charge on any atom is -0.357 e. The van der Waals surface area contributed by atoms with Crippen LogP contribution in [-0.2, 0) is 17.8 Å². The zero-order valence-corrected chi connectivity index (χ0v) is 14.0. The van der Waals surface area contributed by atoms with E-state index in [-0.39, 0.29) is 11.3 Å². The van der Waals surface area contributed by atoms with E-state index < -0.39 is 0 Å². The maximum atomic E-state index is 12.0. The predicted octanol–water partition coefficient (Wildman–Crippen LogP) is 3.77. The third-order valence-corrected chi connectivity index (χ3v) is 4.82. The number of fused-ring (bicyclic) bond motifs is 1. The molecule has 1 aromatic heterocycles. The topological polar surface area (TPSA) is 68.7 Å². The Hall–Kier alpha value is -2.28. The fraction of sp³-hybridized carbons (Fsp3) is 0.474. The number of nitrogens with zero attached hydrogens (tertiary/aromatic N) is 1. The molecular formula is C19H23N3O. The number of carbonyl (C=O) groups is 1. The molecule has 4 heteroatoms. The molecule has 1 amide bonds. The third-order valence-electron chi connectivity index (χ3n) is 4.82. The van der Waals surface area contributed by atoms with Crippen LogP contribution in [0.2, 0.25) is 0 Å². The fourth-order valence-corrected chi connectivity index (χ4v) is 2.98. The van der Waals surface area contributed by atoms with Gasteiger partial charge in [-0.05, 0) is 48.1 Å². The number of carbonyl (C=O) groups excluding carboxylic acids is 1. The van der Waals surface area contributed by atoms with Crippen molar-refractivity contribution in [2.24, 2.45) is 5.41 Å². The number of nitriles is 1. The van der Waals surface area contributed by atoms with Crippen LogP contribution >= 0.6 is 0 Å². The predicted molar refractivity (Wildman–Crippen MR) is 90.9 cm³/mol. The van der Waals surface area contributed by atoms with Crippen LogP contribution in [0.3, 0.4) is 0 Å². The van der Waals surface area contributed by atoms with Gasteiger partial charge in [0.2, 0.25) is 5.91 Å². The summed E-state index contributed by atoms with van der Waals surface area (Å²) in [5.41, 5.74) is 4.23. The van der Waals surface area contributed by atoms with Crippen molar-refractivity contribution < 1.29 is 4.79 Å². The lowest BCUT2D eigenvalue weighted by atomic mass is 9.94. The molecule has 1 saturated carbocycles. The van der Waals surface area contributed by atoms with Gasteiger partial charge >= 0.3 is 0 Å². The normalized spacial score (nSPS) is 15.6. The molecule has 23 heavy (non-hydrogen) atoms. The first-order valence-electron chi connectivity index (χ1n) is 8.22. The van der Waals surface area contributed by atoms with Gasteiger partial charge in [-0.25, -0.2) is 0 Å². The molecule has 120 valence electrons. The number of rotatable bonds is 5. The number of hydrogen-bond acceptors (Lipinski definition) is 2. The van der Waals surface area contributed by atoms with E-state index >= 15 is 0 Å². The Balaban J connectivity index is 1.83. The summed E-state index contributed by atoms with van der Waals surface area (Å²) in [7, 11) is 0. The second-order valence-corrected chi connectivity index (χ2v) is 7.17. The fourth-order valence-electron chi connectivity index (χ4n) is 2.98. The highest BCUT2D eigenvalue weighted by Gasteiger charge is 2.44. The largest absolute Gasteiger partial charge is 0.357 e. The molecule has 0 atom stereocenters. The average Bonchev–Trinajstić information content (AvgIpc) is 3.13. The van der Waals surface area contributed by atoms with E-state index in [1.807, 2.05) is 6.92 Å². The van der Waals surface area contributed by atoms with Crippen molar-refractivity contribution in [3.05, 3.63) is 35.0 Å². The maximum Gasteiger partial charge on any atom is 0.226 e. The zero-order valence-electron chi connectivity index (χ0n) is 14.0. The lowest BCUT2D eigenvalue weighted by molar-refractivity contribution is -0.125. The van der Waals surface area contributed by atoms with E-state index in [1.165, 1.54) is 5.56 Å². The molecule has 1 aliphatic rings. The molecule has 1 aliphatic carbocycles. The second-order valence-electron chi connectivity index (χ2n) is 7.17. The minimum atomic E-state index is -0.142. The maximum absolute atomic E-state index is 12.0. The van der Waals surface area contributed by atoms with Crippen LogP contribution in [-0.4, -0.2) is 10.9 Å². The summed E-state index contributed by atoms with van der Waals surface area (Å²) in [6.45, 7) is 6.81. The van der Waals surface area contributed by atoms with Crippen LogP contribution in [0.5, 0.6) is 0 Å². The molecule has 2 aromatic rings. The number of amides is 1. The molecular weight excluding hydrogens is 286 g/mol. The van der Waals surface area contributed by atoms with E-state index in [0.717, 1.165) is 35.0 Å². The van der Waals surface area contributed by atoms with Crippen molar-refractivity contribution in [2.45, 2.75) is 52.5 Å². The van der Waals surface area contributed by atoms with Crippen molar-refractivity contribution in [2.75, 3.05) is 0 Å². The highest BCUT2D eigenvalue weighted by atomic mass is 16.2. The summed E-state index contributed by atoms with van der Waals surface area (Å²) in [6, 6.07) is 8.55. The summed E-state index contributed by atoms with van der Waals surface area (Å²) >= 11 is 0. The quantitative estimate of drug-likeness (QED) is 0.882. The smallest absolute Gasteiger partial charge is 0.226 e. The van der Waals surface area contributed by atoms with Gasteiger partial charge in [0.15, 0.2) is 0 Å². The van der Waals surface area contributed by atoms with Crippen LogP contribution in [0.15, 0.2) is 18.2 Å². The van der Waals surface area contributed by atoms with E-state index in [4.69, 9.17) is 5.26 Å². The average molecular weight is 309 g/mol. The van der Waals surface area contributed by atoms with Gasteiger partial charge in [0.1, 0.15) is 0 Å². The summed E-state index contributed by atoms with van der Waals surface area (Å²) in [5, 5.41) is 13.1. The Labute approximate surface area is 136 Å². The Bertz CT molecular complexity index is 791. The second kappa shape index (κ2) is 5.73. The Morgan fingerprint density at radius 3 is 2.74 bits per heavy atom.